The first-order valence-electron chi connectivity index (χ1n) is 5.90. The SMILES string of the molecule is CCc1cccc(N2CCOC(CO)C2)c1. The summed E-state index contributed by atoms with van der Waals surface area (Å²) in [5.74, 6) is 0. The summed E-state index contributed by atoms with van der Waals surface area (Å²) in [6.45, 7) is 4.65. The third-order valence-electron chi connectivity index (χ3n) is 3.03. The number of nitrogens with zero attached hydrogens (tertiary/aromatic N) is 1. The summed E-state index contributed by atoms with van der Waals surface area (Å²) in [6, 6.07) is 8.59. The highest BCUT2D eigenvalue weighted by Crippen LogP contribution is 2.19. The van der Waals surface area contributed by atoms with Crippen LogP contribution in [-0.2, 0) is 11.2 Å². The maximum Gasteiger partial charge on any atom is 0.0980 e. The van der Waals surface area contributed by atoms with Gasteiger partial charge in [0, 0.05) is 18.8 Å². The van der Waals surface area contributed by atoms with E-state index in [0.29, 0.717) is 6.61 Å². The molecule has 1 N–H and O–H groups in total. The minimum absolute atomic E-state index is 0.0426. The standard InChI is InChI=1S/C13H19NO2/c1-2-11-4-3-5-12(8-11)14-6-7-16-13(9-14)10-15/h3-5,8,13,15H,2,6-7,9-10H2,1H3. The Labute approximate surface area is 96.6 Å². The number of aryl methyl sites for hydroxylation is 1. The normalized spacial score (nSPS) is 21.1. The zero-order chi connectivity index (χ0) is 11.4. The van der Waals surface area contributed by atoms with Gasteiger partial charge in [0.25, 0.3) is 0 Å². The third-order valence-corrected chi connectivity index (χ3v) is 3.03. The van der Waals surface area contributed by atoms with Gasteiger partial charge in [0.15, 0.2) is 0 Å². The molecular weight excluding hydrogens is 202 g/mol. The summed E-state index contributed by atoms with van der Waals surface area (Å²) in [5.41, 5.74) is 2.59. The molecule has 0 radical (unpaired) electrons. The fourth-order valence-electron chi connectivity index (χ4n) is 2.04. The maximum absolute atomic E-state index is 9.10. The Balaban J connectivity index is 2.10. The van der Waals surface area contributed by atoms with E-state index in [-0.39, 0.29) is 12.7 Å². The van der Waals surface area contributed by atoms with Crippen molar-refractivity contribution in [3.05, 3.63) is 29.8 Å². The van der Waals surface area contributed by atoms with Crippen molar-refractivity contribution < 1.29 is 9.84 Å². The molecule has 0 saturated carbocycles. The van der Waals surface area contributed by atoms with Crippen LogP contribution in [0.5, 0.6) is 0 Å². The molecule has 1 aromatic carbocycles. The van der Waals surface area contributed by atoms with Crippen LogP contribution in [0.2, 0.25) is 0 Å². The van der Waals surface area contributed by atoms with Crippen LogP contribution in [0.4, 0.5) is 5.69 Å². The van der Waals surface area contributed by atoms with Crippen molar-refractivity contribution in [3.63, 3.8) is 0 Å². The molecule has 2 rings (SSSR count). The molecule has 1 aliphatic heterocycles. The Hall–Kier alpha value is -1.06. The van der Waals surface area contributed by atoms with Gasteiger partial charge in [-0.1, -0.05) is 19.1 Å². The summed E-state index contributed by atoms with van der Waals surface area (Å²) in [5, 5.41) is 9.10. The fourth-order valence-corrected chi connectivity index (χ4v) is 2.04. The van der Waals surface area contributed by atoms with Gasteiger partial charge in [-0.15, -0.1) is 0 Å². The van der Waals surface area contributed by atoms with Crippen LogP contribution in [0, 0.1) is 0 Å². The van der Waals surface area contributed by atoms with Gasteiger partial charge in [0.2, 0.25) is 0 Å². The molecule has 3 nitrogen and oxygen atoms in total. The van der Waals surface area contributed by atoms with Gasteiger partial charge in [-0.25, -0.2) is 0 Å². The lowest BCUT2D eigenvalue weighted by Crippen LogP contribution is -2.44. The van der Waals surface area contributed by atoms with Crippen LogP contribution in [-0.4, -0.2) is 37.5 Å². The quantitative estimate of drug-likeness (QED) is 0.838. The average molecular weight is 221 g/mol. The number of ether oxygens (including phenoxy) is 1. The molecule has 0 bridgehead atoms. The minimum Gasteiger partial charge on any atom is -0.394 e. The topological polar surface area (TPSA) is 32.7 Å². The molecule has 1 saturated heterocycles. The number of aliphatic hydroxyl groups excluding tert-OH is 1. The lowest BCUT2D eigenvalue weighted by atomic mass is 10.1. The second-order valence-corrected chi connectivity index (χ2v) is 4.14. The van der Waals surface area contributed by atoms with E-state index >= 15 is 0 Å². The predicted molar refractivity (Wildman–Crippen MR) is 64.9 cm³/mol. The lowest BCUT2D eigenvalue weighted by Gasteiger charge is -2.33. The molecule has 1 fully saturated rings. The lowest BCUT2D eigenvalue weighted by molar-refractivity contribution is 0.00356. The zero-order valence-electron chi connectivity index (χ0n) is 9.72. The maximum atomic E-state index is 9.10. The molecule has 0 aliphatic carbocycles. The third kappa shape index (κ3) is 2.54. The van der Waals surface area contributed by atoms with E-state index in [0.717, 1.165) is 19.5 Å². The first kappa shape index (κ1) is 11.4. The van der Waals surface area contributed by atoms with Crippen molar-refractivity contribution >= 4 is 5.69 Å². The van der Waals surface area contributed by atoms with E-state index < -0.39 is 0 Å². The first-order chi connectivity index (χ1) is 7.83. The first-order valence-corrected chi connectivity index (χ1v) is 5.90. The van der Waals surface area contributed by atoms with Gasteiger partial charge in [0.1, 0.15) is 0 Å². The average Bonchev–Trinajstić information content (AvgIpc) is 2.39. The number of anilines is 1. The molecule has 16 heavy (non-hydrogen) atoms. The van der Waals surface area contributed by atoms with E-state index in [1.807, 2.05) is 0 Å². The fraction of sp³-hybridized carbons (Fsp3) is 0.538. The van der Waals surface area contributed by atoms with Crippen LogP contribution in [0.3, 0.4) is 0 Å². The summed E-state index contributed by atoms with van der Waals surface area (Å²) in [6.07, 6.45) is 1.01. The van der Waals surface area contributed by atoms with Crippen LogP contribution >= 0.6 is 0 Å². The summed E-state index contributed by atoms with van der Waals surface area (Å²) in [4.78, 5) is 2.28. The van der Waals surface area contributed by atoms with E-state index in [4.69, 9.17) is 9.84 Å². The molecule has 1 heterocycles. The van der Waals surface area contributed by atoms with Crippen LogP contribution in [0.15, 0.2) is 24.3 Å². The minimum atomic E-state index is -0.0426. The Morgan fingerprint density at radius 3 is 3.12 bits per heavy atom. The predicted octanol–water partition coefficient (Wildman–Crippen LogP) is 1.45. The molecule has 3 heteroatoms. The summed E-state index contributed by atoms with van der Waals surface area (Å²) >= 11 is 0. The van der Waals surface area contributed by atoms with Crippen molar-refractivity contribution in [2.75, 3.05) is 31.2 Å². The highest BCUT2D eigenvalue weighted by Gasteiger charge is 2.19. The van der Waals surface area contributed by atoms with Gasteiger partial charge in [-0.2, -0.15) is 0 Å². The number of benzene rings is 1. The van der Waals surface area contributed by atoms with Crippen molar-refractivity contribution in [2.45, 2.75) is 19.4 Å². The summed E-state index contributed by atoms with van der Waals surface area (Å²) < 4.78 is 5.44. The van der Waals surface area contributed by atoms with E-state index in [1.54, 1.807) is 0 Å². The molecule has 0 spiro atoms. The number of morpholine rings is 1. The van der Waals surface area contributed by atoms with Crippen LogP contribution < -0.4 is 4.90 Å². The van der Waals surface area contributed by atoms with Gasteiger partial charge in [-0.3, -0.25) is 0 Å². The molecular formula is C13H19NO2. The van der Waals surface area contributed by atoms with E-state index in [2.05, 4.69) is 36.1 Å². The largest absolute Gasteiger partial charge is 0.394 e. The molecule has 88 valence electrons. The molecule has 1 aliphatic rings. The van der Waals surface area contributed by atoms with Crippen LogP contribution in [0.25, 0.3) is 0 Å². The van der Waals surface area contributed by atoms with Crippen LogP contribution in [0.1, 0.15) is 12.5 Å². The monoisotopic (exact) mass is 221 g/mol. The second kappa shape index (κ2) is 5.32. The van der Waals surface area contributed by atoms with Crippen molar-refractivity contribution in [1.29, 1.82) is 0 Å². The van der Waals surface area contributed by atoms with E-state index in [9.17, 15) is 0 Å². The molecule has 1 atom stereocenters. The Morgan fingerprint density at radius 2 is 2.38 bits per heavy atom. The van der Waals surface area contributed by atoms with Crippen molar-refractivity contribution in [3.8, 4) is 0 Å². The highest BCUT2D eigenvalue weighted by molar-refractivity contribution is 5.49. The van der Waals surface area contributed by atoms with Gasteiger partial charge < -0.3 is 14.7 Å². The molecule has 0 amide bonds. The zero-order valence-corrected chi connectivity index (χ0v) is 9.72. The second-order valence-electron chi connectivity index (χ2n) is 4.14. The van der Waals surface area contributed by atoms with Gasteiger partial charge >= 0.3 is 0 Å². The number of hydrogen-bond acceptors (Lipinski definition) is 3. The number of hydrogen-bond donors (Lipinski definition) is 1. The van der Waals surface area contributed by atoms with Crippen molar-refractivity contribution in [1.82, 2.24) is 0 Å². The highest BCUT2D eigenvalue weighted by atomic mass is 16.5. The van der Waals surface area contributed by atoms with Gasteiger partial charge in [0.05, 0.1) is 19.3 Å². The van der Waals surface area contributed by atoms with E-state index in [1.165, 1.54) is 11.3 Å². The molecule has 1 unspecified atom stereocenters. The smallest absolute Gasteiger partial charge is 0.0980 e. The Bertz CT molecular complexity index is 340. The molecule has 0 aromatic heterocycles. The number of aliphatic hydroxyl groups is 1. The Morgan fingerprint density at radius 1 is 1.50 bits per heavy atom. The number of rotatable bonds is 3. The van der Waals surface area contributed by atoms with Crippen molar-refractivity contribution in [2.24, 2.45) is 0 Å². The summed E-state index contributed by atoms with van der Waals surface area (Å²) in [7, 11) is 0. The Kier molecular flexibility index (Phi) is 3.80. The van der Waals surface area contributed by atoms with Gasteiger partial charge in [-0.05, 0) is 24.1 Å². The molecule has 1 aromatic rings.